The van der Waals surface area contributed by atoms with Gasteiger partial charge in [-0.2, -0.15) is 9.97 Å². The molecule has 4 aromatic heterocycles. The third kappa shape index (κ3) is 10.4. The van der Waals surface area contributed by atoms with E-state index in [4.69, 9.17) is 34.5 Å². The van der Waals surface area contributed by atoms with Crippen molar-refractivity contribution in [3.05, 3.63) is 108 Å². The summed E-state index contributed by atoms with van der Waals surface area (Å²) in [5, 5.41) is 0.498. The van der Waals surface area contributed by atoms with Gasteiger partial charge in [0, 0.05) is 81.7 Å². The van der Waals surface area contributed by atoms with Crippen molar-refractivity contribution in [3.63, 3.8) is 0 Å². The Morgan fingerprint density at radius 1 is 0.518 bits per heavy atom. The van der Waals surface area contributed by atoms with Crippen LogP contribution in [-0.2, 0) is 0 Å². The smallest absolute Gasteiger partial charge is 0.222 e. The van der Waals surface area contributed by atoms with Crippen molar-refractivity contribution >= 4 is 57.9 Å². The second-order valence-electron chi connectivity index (χ2n) is 13.3. The topological polar surface area (TPSA) is 220 Å². The zero-order valence-corrected chi connectivity index (χ0v) is 32.5. The van der Waals surface area contributed by atoms with E-state index in [1.165, 1.54) is 16.9 Å². The highest BCUT2D eigenvalue weighted by Crippen LogP contribution is 2.28. The largest absolute Gasteiger partial charge is 0.382 e. The number of rotatable bonds is 5. The third-order valence-electron chi connectivity index (χ3n) is 9.27. The van der Waals surface area contributed by atoms with E-state index >= 15 is 0 Å². The van der Waals surface area contributed by atoms with Crippen LogP contribution in [0, 0.1) is 20.8 Å². The standard InChI is InChI=1S/C19H22N8.C15H20N6.C5H5ClN2/c1-13-22-6-5-16(24-13)14-3-2-4-15(11-14)26-7-9-27(10-8-26)17-12-23-19(21)25-18(17)20;1-11-3-2-4-12(9-11)20-5-7-21(8-6-20)13-10-18-15(17)19-14(13)16;1-4-7-3-2-5(6)8-4/h2-6,11-12H,7-10H2,1H3,(H4,20,21,23,25);2-4,9-10H,5-8H2,1H3,(H4,16,17,18,19);2-3H,1H3. The maximum atomic E-state index is 6.00. The fourth-order valence-electron chi connectivity index (χ4n) is 6.44. The summed E-state index contributed by atoms with van der Waals surface area (Å²) in [7, 11) is 0. The second kappa shape index (κ2) is 18.2. The van der Waals surface area contributed by atoms with Crippen molar-refractivity contribution in [1.82, 2.24) is 39.9 Å². The average molecular weight is 775 g/mol. The molecule has 2 fully saturated rings. The minimum atomic E-state index is 0.201. The molecule has 0 amide bonds. The van der Waals surface area contributed by atoms with Crippen LogP contribution in [0.3, 0.4) is 0 Å². The molecule has 0 saturated carbocycles. The monoisotopic (exact) mass is 774 g/mol. The number of anilines is 8. The molecule has 0 spiro atoms. The number of benzene rings is 2. The zero-order valence-electron chi connectivity index (χ0n) is 31.8. The highest BCUT2D eigenvalue weighted by molar-refractivity contribution is 6.29. The highest BCUT2D eigenvalue weighted by Gasteiger charge is 2.21. The van der Waals surface area contributed by atoms with Crippen LogP contribution >= 0.6 is 11.6 Å². The molecule has 6 aromatic rings. The van der Waals surface area contributed by atoms with Crippen LogP contribution in [-0.4, -0.2) is 92.2 Å². The van der Waals surface area contributed by atoms with Gasteiger partial charge in [0.25, 0.3) is 0 Å². The number of aromatic nitrogens is 8. The summed E-state index contributed by atoms with van der Waals surface area (Å²) in [6.07, 6.45) is 6.83. The predicted octanol–water partition coefficient (Wildman–Crippen LogP) is 4.45. The fourth-order valence-corrected chi connectivity index (χ4v) is 6.61. The lowest BCUT2D eigenvalue weighted by atomic mass is 10.1. The molecule has 2 aliphatic rings. The number of nitrogen functional groups attached to an aromatic ring is 4. The highest BCUT2D eigenvalue weighted by atomic mass is 35.5. The Balaban J connectivity index is 0.000000162. The Hall–Kier alpha value is -6.55. The Kier molecular flexibility index (Phi) is 12.7. The number of nitrogens with two attached hydrogens (primary N) is 4. The fraction of sp³-hybridized carbons (Fsp3) is 0.282. The quantitative estimate of drug-likeness (QED) is 0.178. The molecule has 0 aliphatic carbocycles. The lowest BCUT2D eigenvalue weighted by Gasteiger charge is -2.37. The number of piperazine rings is 2. The Bertz CT molecular complexity index is 2200. The summed E-state index contributed by atoms with van der Waals surface area (Å²) in [6.45, 7) is 13.0. The SMILES string of the molecule is Cc1cccc(N2CCN(c3cnc(N)nc3N)CC2)c1.Cc1nccc(-c2cccc(N3CCN(c4cnc(N)nc4N)CC3)c2)n1.Cc1nccc(Cl)n1. The molecule has 8 N–H and O–H groups in total. The van der Waals surface area contributed by atoms with Crippen molar-refractivity contribution in [2.24, 2.45) is 0 Å². The van der Waals surface area contributed by atoms with E-state index in [9.17, 15) is 0 Å². The van der Waals surface area contributed by atoms with Gasteiger partial charge in [0.2, 0.25) is 11.9 Å². The van der Waals surface area contributed by atoms with Gasteiger partial charge in [-0.05, 0) is 62.7 Å². The molecule has 0 atom stereocenters. The Morgan fingerprint density at radius 3 is 1.46 bits per heavy atom. The van der Waals surface area contributed by atoms with Crippen molar-refractivity contribution < 1.29 is 0 Å². The third-order valence-corrected chi connectivity index (χ3v) is 9.48. The van der Waals surface area contributed by atoms with E-state index in [0.717, 1.165) is 80.8 Å². The van der Waals surface area contributed by atoms with Crippen LogP contribution in [0.2, 0.25) is 5.15 Å². The summed E-state index contributed by atoms with van der Waals surface area (Å²) in [5.74, 6) is 2.78. The van der Waals surface area contributed by atoms with Crippen LogP contribution in [0.4, 0.5) is 46.3 Å². The molecule has 17 heteroatoms. The number of hydrogen-bond acceptors (Lipinski definition) is 16. The van der Waals surface area contributed by atoms with Gasteiger partial charge in [-0.1, -0.05) is 35.9 Å². The predicted molar refractivity (Wildman–Crippen MR) is 226 cm³/mol. The summed E-state index contributed by atoms with van der Waals surface area (Å²) in [6, 6.07) is 20.6. The summed E-state index contributed by atoms with van der Waals surface area (Å²) in [5.41, 5.74) is 30.5. The lowest BCUT2D eigenvalue weighted by molar-refractivity contribution is 0.652. The first-order valence-corrected chi connectivity index (χ1v) is 18.6. The van der Waals surface area contributed by atoms with Crippen LogP contribution in [0.5, 0.6) is 0 Å². The first kappa shape index (κ1) is 39.2. The maximum absolute atomic E-state index is 6.00. The maximum Gasteiger partial charge on any atom is 0.222 e. The lowest BCUT2D eigenvalue weighted by Crippen LogP contribution is -2.46. The average Bonchev–Trinajstić information content (AvgIpc) is 3.19. The van der Waals surface area contributed by atoms with E-state index < -0.39 is 0 Å². The minimum Gasteiger partial charge on any atom is -0.382 e. The number of nitrogens with zero attached hydrogens (tertiary/aromatic N) is 12. The van der Waals surface area contributed by atoms with E-state index in [1.807, 2.05) is 13.0 Å². The zero-order chi connectivity index (χ0) is 39.6. The molecule has 2 saturated heterocycles. The normalized spacial score (nSPS) is 14.0. The van der Waals surface area contributed by atoms with Crippen LogP contribution in [0.1, 0.15) is 17.2 Å². The minimum absolute atomic E-state index is 0.201. The van der Waals surface area contributed by atoms with Crippen molar-refractivity contribution in [1.29, 1.82) is 0 Å². The number of hydrogen-bond donors (Lipinski definition) is 4. The first-order valence-electron chi connectivity index (χ1n) is 18.2. The molecule has 290 valence electrons. The van der Waals surface area contributed by atoms with Crippen molar-refractivity contribution in [2.75, 3.05) is 94.9 Å². The molecule has 0 radical (unpaired) electrons. The van der Waals surface area contributed by atoms with Gasteiger partial charge in [-0.25, -0.2) is 29.9 Å². The molecule has 0 unspecified atom stereocenters. The van der Waals surface area contributed by atoms with Crippen LogP contribution < -0.4 is 42.5 Å². The van der Waals surface area contributed by atoms with Gasteiger partial charge in [0.1, 0.15) is 16.8 Å². The van der Waals surface area contributed by atoms with E-state index in [0.29, 0.717) is 22.6 Å². The van der Waals surface area contributed by atoms with Gasteiger partial charge in [0.05, 0.1) is 29.5 Å². The Labute approximate surface area is 331 Å². The molecule has 56 heavy (non-hydrogen) atoms. The van der Waals surface area contributed by atoms with E-state index in [-0.39, 0.29) is 11.9 Å². The summed E-state index contributed by atoms with van der Waals surface area (Å²) in [4.78, 5) is 41.7. The van der Waals surface area contributed by atoms with Gasteiger partial charge >= 0.3 is 0 Å². The van der Waals surface area contributed by atoms with Crippen molar-refractivity contribution in [3.8, 4) is 11.3 Å². The number of aryl methyl sites for hydroxylation is 3. The molecule has 2 aliphatic heterocycles. The summed E-state index contributed by atoms with van der Waals surface area (Å²) >= 11 is 5.49. The van der Waals surface area contributed by atoms with Gasteiger partial charge < -0.3 is 42.5 Å². The summed E-state index contributed by atoms with van der Waals surface area (Å²) < 4.78 is 0. The molecule has 8 rings (SSSR count). The molecule has 2 aromatic carbocycles. The van der Waals surface area contributed by atoms with Crippen LogP contribution in [0.25, 0.3) is 11.3 Å². The second-order valence-corrected chi connectivity index (χ2v) is 13.6. The first-order chi connectivity index (χ1) is 27.0. The Morgan fingerprint density at radius 2 is 1.00 bits per heavy atom. The van der Waals surface area contributed by atoms with Crippen molar-refractivity contribution in [2.45, 2.75) is 20.8 Å². The van der Waals surface area contributed by atoms with Gasteiger partial charge in [0.15, 0.2) is 11.6 Å². The van der Waals surface area contributed by atoms with Crippen LogP contribution in [0.15, 0.2) is 85.5 Å². The van der Waals surface area contributed by atoms with E-state index in [2.05, 4.69) is 115 Å². The van der Waals surface area contributed by atoms with E-state index in [1.54, 1.807) is 37.8 Å². The molecular weight excluding hydrogens is 728 g/mol. The number of halogens is 1. The van der Waals surface area contributed by atoms with Gasteiger partial charge in [-0.15, -0.1) is 0 Å². The van der Waals surface area contributed by atoms with Gasteiger partial charge in [-0.3, -0.25) is 0 Å². The molecule has 0 bridgehead atoms. The molecule has 16 nitrogen and oxygen atoms in total. The molecule has 6 heterocycles. The molecular formula is C39H47ClN16.